The van der Waals surface area contributed by atoms with Crippen LogP contribution in [0.25, 0.3) is 0 Å². The van der Waals surface area contributed by atoms with Crippen molar-refractivity contribution in [3.8, 4) is 0 Å². The van der Waals surface area contributed by atoms with Gasteiger partial charge in [-0.15, -0.1) is 0 Å². The van der Waals surface area contributed by atoms with Crippen molar-refractivity contribution in [3.05, 3.63) is 177 Å². The largest absolute Gasteiger partial charge is 0.416 e. The smallest absolute Gasteiger partial charge is 0.291 e. The Balaban J connectivity index is 0.000000500. The standard InChI is InChI=1S/C32H12BF24.C13H11N2O2/c34-25(35,36)13-1-14(26(37,38)39)6-21(5-13)33(22-7-15(27(40,41)42)2-16(8-22)28(43,44)45,23-9-17(29(46,47)48)3-18(10-23)30(49,50)51)24-11-19(31(52,53)54)4-20(12-24)32(55,56)57;16-10-12-8-14-6-7-15(12)9-13(17)11-4-2-1-3-5-11/h1-12H;1-8,10H,9H2/q-1;+1. The summed E-state index contributed by atoms with van der Waals surface area (Å²) >= 11 is 0. The minimum Gasteiger partial charge on any atom is -0.291 e. The van der Waals surface area contributed by atoms with Crippen molar-refractivity contribution in [1.29, 1.82) is 0 Å². The van der Waals surface area contributed by atoms with Crippen LogP contribution >= 0.6 is 0 Å². The number of rotatable bonds is 8. The van der Waals surface area contributed by atoms with E-state index in [1.165, 1.54) is 6.20 Å². The quantitative estimate of drug-likeness (QED) is 0.0502. The molecule has 0 amide bonds. The van der Waals surface area contributed by atoms with Gasteiger partial charge in [0.15, 0.2) is 6.20 Å². The lowest BCUT2D eigenvalue weighted by molar-refractivity contribution is -0.685. The van der Waals surface area contributed by atoms with Crippen LogP contribution in [0.5, 0.6) is 0 Å². The van der Waals surface area contributed by atoms with Crippen LogP contribution in [-0.2, 0) is 56.0 Å². The van der Waals surface area contributed by atoms with Gasteiger partial charge in [0, 0.05) is 5.56 Å². The first-order valence-corrected chi connectivity index (χ1v) is 19.8. The predicted octanol–water partition coefficient (Wildman–Crippen LogP) is 12.3. The molecule has 74 heavy (non-hydrogen) atoms. The van der Waals surface area contributed by atoms with Crippen molar-refractivity contribution in [1.82, 2.24) is 4.98 Å². The average molecular weight is 1090 g/mol. The van der Waals surface area contributed by atoms with Crippen LogP contribution in [-0.4, -0.2) is 23.2 Å². The summed E-state index contributed by atoms with van der Waals surface area (Å²) in [7, 11) is 0. The molecule has 4 nitrogen and oxygen atoms in total. The fourth-order valence-electron chi connectivity index (χ4n) is 7.58. The molecule has 1 heterocycles. The van der Waals surface area contributed by atoms with Crippen molar-refractivity contribution < 1.29 is 120 Å². The van der Waals surface area contributed by atoms with Gasteiger partial charge in [-0.2, -0.15) is 132 Å². The third-order valence-corrected chi connectivity index (χ3v) is 10.8. The van der Waals surface area contributed by atoms with Gasteiger partial charge in [-0.05, 0) is 24.3 Å². The number of aldehydes is 1. The SMILES string of the molecule is FC(F)(F)c1cc([B-](c2cc(C(F)(F)F)cc(C(F)(F)F)c2)(c2cc(C(F)(F)F)cc(C(F)(F)F)c2)c2cc(C(F)(F)F)cc(C(F)(F)F)c2)cc(C(F)(F)F)c1.O=Cc1cncc[n+]1CC(=O)c1ccccc1. The molecule has 6 aromatic rings. The lowest BCUT2D eigenvalue weighted by Gasteiger charge is -2.46. The van der Waals surface area contributed by atoms with Crippen LogP contribution in [0.15, 0.2) is 122 Å². The van der Waals surface area contributed by atoms with Crippen LogP contribution in [0.3, 0.4) is 0 Å². The van der Waals surface area contributed by atoms with Crippen LogP contribution in [0.1, 0.15) is 65.4 Å². The molecular weight excluding hydrogens is 1070 g/mol. The van der Waals surface area contributed by atoms with E-state index in [-0.39, 0.29) is 12.3 Å². The Labute approximate surface area is 397 Å². The van der Waals surface area contributed by atoms with Gasteiger partial charge in [-0.3, -0.25) is 14.6 Å². The summed E-state index contributed by atoms with van der Waals surface area (Å²) < 4.78 is 342. The first kappa shape index (κ1) is 57.8. The Kier molecular flexibility index (Phi) is 15.6. The maximum absolute atomic E-state index is 14.2. The fraction of sp³-hybridized carbons (Fsp3) is 0.200. The molecule has 396 valence electrons. The van der Waals surface area contributed by atoms with E-state index in [2.05, 4.69) is 4.98 Å². The highest BCUT2D eigenvalue weighted by atomic mass is 19.4. The van der Waals surface area contributed by atoms with Gasteiger partial charge in [0.2, 0.25) is 18.6 Å². The third kappa shape index (κ3) is 13.2. The molecule has 5 aromatic carbocycles. The molecule has 0 radical (unpaired) electrons. The lowest BCUT2D eigenvalue weighted by atomic mass is 9.12. The van der Waals surface area contributed by atoms with Crippen LogP contribution in [0, 0.1) is 0 Å². The Hall–Kier alpha value is -7.10. The maximum Gasteiger partial charge on any atom is 0.416 e. The number of halogens is 24. The highest BCUT2D eigenvalue weighted by Crippen LogP contribution is 2.41. The Morgan fingerprint density at radius 1 is 0.419 bits per heavy atom. The molecule has 0 aliphatic carbocycles. The van der Waals surface area contributed by atoms with Crippen molar-refractivity contribution in [2.75, 3.05) is 0 Å². The zero-order valence-corrected chi connectivity index (χ0v) is 35.7. The van der Waals surface area contributed by atoms with E-state index in [1.54, 1.807) is 29.1 Å². The second-order valence-electron chi connectivity index (χ2n) is 15.8. The highest BCUT2D eigenvalue weighted by molar-refractivity contribution is 7.20. The molecule has 6 rings (SSSR count). The van der Waals surface area contributed by atoms with Gasteiger partial charge in [-0.25, -0.2) is 0 Å². The summed E-state index contributed by atoms with van der Waals surface area (Å²) in [6, 6.07) is 0.175. The summed E-state index contributed by atoms with van der Waals surface area (Å²) in [4.78, 5) is 26.5. The normalized spacial score (nSPS) is 13.3. The minimum absolute atomic E-state index is 0.0371. The van der Waals surface area contributed by atoms with E-state index in [9.17, 15) is 115 Å². The molecule has 0 saturated heterocycles. The van der Waals surface area contributed by atoms with E-state index >= 15 is 0 Å². The summed E-state index contributed by atoms with van der Waals surface area (Å²) in [5.41, 5.74) is -29.2. The number of benzene rings is 5. The van der Waals surface area contributed by atoms with Crippen molar-refractivity contribution in [3.63, 3.8) is 0 Å². The maximum atomic E-state index is 14.2. The highest BCUT2D eigenvalue weighted by Gasteiger charge is 2.47. The summed E-state index contributed by atoms with van der Waals surface area (Å²) in [6.07, 6.45) is -49.5. The topological polar surface area (TPSA) is 50.9 Å². The van der Waals surface area contributed by atoms with E-state index in [4.69, 9.17) is 0 Å². The zero-order valence-electron chi connectivity index (χ0n) is 35.7. The molecule has 0 fully saturated rings. The number of carbonyl (C=O) groups is 2. The fourth-order valence-corrected chi connectivity index (χ4v) is 7.58. The van der Waals surface area contributed by atoms with Gasteiger partial charge in [-0.1, -0.05) is 78.9 Å². The Morgan fingerprint density at radius 3 is 0.905 bits per heavy atom. The third-order valence-electron chi connectivity index (χ3n) is 10.8. The molecular formula is C45H23BF24N2O2. The van der Waals surface area contributed by atoms with Crippen LogP contribution in [0.4, 0.5) is 105 Å². The second-order valence-corrected chi connectivity index (χ2v) is 15.8. The van der Waals surface area contributed by atoms with Crippen LogP contribution < -0.4 is 26.4 Å². The molecule has 0 spiro atoms. The Morgan fingerprint density at radius 2 is 0.676 bits per heavy atom. The molecule has 29 heteroatoms. The number of nitrogens with zero attached hydrogens (tertiary/aromatic N) is 2. The molecule has 0 unspecified atom stereocenters. The minimum atomic E-state index is -6.13. The van der Waals surface area contributed by atoms with Gasteiger partial charge >= 0.3 is 49.4 Å². The van der Waals surface area contributed by atoms with E-state index in [1.807, 2.05) is 18.2 Å². The Bertz CT molecular complexity index is 2580. The van der Waals surface area contributed by atoms with Gasteiger partial charge in [0.1, 0.15) is 12.3 Å². The zero-order chi connectivity index (χ0) is 56.0. The first-order valence-electron chi connectivity index (χ1n) is 19.8. The average Bonchev–Trinajstić information content (AvgIpc) is 3.27. The van der Waals surface area contributed by atoms with E-state index < -0.39 is 195 Å². The number of hydrogen-bond donors (Lipinski definition) is 0. The van der Waals surface area contributed by atoms with Gasteiger partial charge in [0.25, 0.3) is 5.69 Å². The van der Waals surface area contributed by atoms with Gasteiger partial charge < -0.3 is 0 Å². The summed E-state index contributed by atoms with van der Waals surface area (Å²) in [5.74, 6) is -0.0371. The molecule has 0 atom stereocenters. The number of alkyl halides is 24. The summed E-state index contributed by atoms with van der Waals surface area (Å²) in [6.45, 7) is 0.139. The molecule has 0 aliphatic heterocycles. The number of hydrogen-bond acceptors (Lipinski definition) is 3. The lowest BCUT2D eigenvalue weighted by Crippen LogP contribution is -2.75. The van der Waals surface area contributed by atoms with Crippen molar-refractivity contribution in [2.24, 2.45) is 0 Å². The van der Waals surface area contributed by atoms with Crippen LogP contribution in [0.2, 0.25) is 0 Å². The van der Waals surface area contributed by atoms with E-state index in [0.717, 1.165) is 0 Å². The second kappa shape index (κ2) is 20.0. The molecule has 1 aromatic heterocycles. The van der Waals surface area contributed by atoms with Crippen molar-refractivity contribution >= 4 is 40.1 Å². The van der Waals surface area contributed by atoms with Gasteiger partial charge in [0.05, 0.1) is 50.7 Å². The number of carbonyl (C=O) groups excluding carboxylic acids is 2. The number of aromatic nitrogens is 2. The monoisotopic (exact) mass is 1090 g/mol. The predicted molar refractivity (Wildman–Crippen MR) is 211 cm³/mol. The molecule has 0 bridgehead atoms. The summed E-state index contributed by atoms with van der Waals surface area (Å²) in [5, 5.41) is 0. The number of Topliss-reactive ketones (excluding diaryl/α,β-unsaturated/α-hetero) is 1. The number of ketones is 1. The first-order chi connectivity index (χ1) is 33.6. The van der Waals surface area contributed by atoms with Crippen molar-refractivity contribution in [2.45, 2.75) is 56.0 Å². The van der Waals surface area contributed by atoms with E-state index in [0.29, 0.717) is 17.5 Å². The molecule has 0 N–H and O–H groups in total. The molecule has 0 aliphatic rings. The molecule has 0 saturated carbocycles.